The van der Waals surface area contributed by atoms with Gasteiger partial charge in [0.25, 0.3) is 11.8 Å². The number of hydrogen-bond donors (Lipinski definition) is 4. The van der Waals surface area contributed by atoms with Crippen LogP contribution in [0.4, 0.5) is 11.4 Å². The molecule has 0 heterocycles. The average molecular weight is 614 g/mol. The maximum absolute atomic E-state index is 13.4. The van der Waals surface area contributed by atoms with Gasteiger partial charge in [-0.1, -0.05) is 73.1 Å². The lowest BCUT2D eigenvalue weighted by molar-refractivity contribution is -0.116. The number of benzene rings is 4. The molecule has 4 aromatic carbocycles. The number of carboxylic acid groups (broad SMARTS) is 1. The van der Waals surface area contributed by atoms with Gasteiger partial charge in [-0.3, -0.25) is 14.4 Å². The zero-order chi connectivity index (χ0) is 30.8. The van der Waals surface area contributed by atoms with Crippen molar-refractivity contribution in [3.63, 3.8) is 0 Å². The highest BCUT2D eigenvalue weighted by Crippen LogP contribution is 2.29. The fourth-order valence-corrected chi connectivity index (χ4v) is 5.19. The number of thioether (sulfide) groups is 1. The predicted octanol–water partition coefficient (Wildman–Crippen LogP) is 6.96. The number of anilines is 2. The Labute approximate surface area is 258 Å². The second kappa shape index (κ2) is 14.9. The summed E-state index contributed by atoms with van der Waals surface area (Å²) in [5, 5.41) is 17.2. The van der Waals surface area contributed by atoms with Gasteiger partial charge in [-0.15, -0.1) is 11.8 Å². The highest BCUT2D eigenvalue weighted by atomic mass is 35.5. The average Bonchev–Trinajstić information content (AvgIpc) is 3.01. The molecule has 0 bridgehead atoms. The van der Waals surface area contributed by atoms with Crippen LogP contribution in [0.2, 0.25) is 5.02 Å². The van der Waals surface area contributed by atoms with Crippen molar-refractivity contribution in [1.29, 1.82) is 0 Å². The summed E-state index contributed by atoms with van der Waals surface area (Å²) in [4.78, 5) is 51.4. The van der Waals surface area contributed by atoms with Crippen molar-refractivity contribution < 1.29 is 24.3 Å². The second-order valence-electron chi connectivity index (χ2n) is 9.27. The van der Waals surface area contributed by atoms with Crippen molar-refractivity contribution in [1.82, 2.24) is 5.32 Å². The molecule has 0 saturated heterocycles. The number of carbonyl (C=O) groups is 4. The van der Waals surface area contributed by atoms with E-state index in [4.69, 9.17) is 11.6 Å². The van der Waals surface area contributed by atoms with Crippen LogP contribution in [0.25, 0.3) is 6.08 Å². The van der Waals surface area contributed by atoms with E-state index in [1.807, 2.05) is 43.3 Å². The third-order valence-electron chi connectivity index (χ3n) is 6.14. The Kier molecular flexibility index (Phi) is 10.7. The van der Waals surface area contributed by atoms with E-state index in [1.165, 1.54) is 30.0 Å². The second-order valence-corrected chi connectivity index (χ2v) is 11.0. The summed E-state index contributed by atoms with van der Waals surface area (Å²) >= 11 is 7.24. The summed E-state index contributed by atoms with van der Waals surface area (Å²) < 4.78 is 0. The van der Waals surface area contributed by atoms with Gasteiger partial charge in [0, 0.05) is 21.8 Å². The molecular formula is C33H28ClN3O5S. The molecular weight excluding hydrogens is 586 g/mol. The van der Waals surface area contributed by atoms with E-state index in [1.54, 1.807) is 54.6 Å². The van der Waals surface area contributed by atoms with Crippen molar-refractivity contribution in [3.05, 3.63) is 131 Å². The molecule has 10 heteroatoms. The third kappa shape index (κ3) is 8.81. The number of aromatic carboxylic acids is 1. The van der Waals surface area contributed by atoms with Gasteiger partial charge in [0.1, 0.15) is 5.70 Å². The minimum Gasteiger partial charge on any atom is -0.478 e. The van der Waals surface area contributed by atoms with Gasteiger partial charge in [-0.05, 0) is 66.6 Å². The van der Waals surface area contributed by atoms with Crippen molar-refractivity contribution in [2.24, 2.45) is 0 Å². The number of carboxylic acids is 1. The van der Waals surface area contributed by atoms with E-state index >= 15 is 0 Å². The molecule has 0 aliphatic carbocycles. The van der Waals surface area contributed by atoms with Crippen molar-refractivity contribution in [3.8, 4) is 0 Å². The molecule has 4 N–H and O–H groups in total. The first-order chi connectivity index (χ1) is 20.7. The maximum atomic E-state index is 13.4. The number of hydrogen-bond acceptors (Lipinski definition) is 5. The topological polar surface area (TPSA) is 125 Å². The van der Waals surface area contributed by atoms with Crippen LogP contribution < -0.4 is 16.0 Å². The Morgan fingerprint density at radius 1 is 0.837 bits per heavy atom. The minimum absolute atomic E-state index is 0.0626. The van der Waals surface area contributed by atoms with Crippen LogP contribution in [0.5, 0.6) is 0 Å². The molecule has 3 amide bonds. The molecule has 8 nitrogen and oxygen atoms in total. The normalized spacial score (nSPS) is 11.7. The lowest BCUT2D eigenvalue weighted by Crippen LogP contribution is -2.30. The monoisotopic (exact) mass is 613 g/mol. The van der Waals surface area contributed by atoms with Crippen molar-refractivity contribution in [2.75, 3.05) is 10.6 Å². The lowest BCUT2D eigenvalue weighted by atomic mass is 10.1. The molecule has 4 rings (SSSR count). The molecule has 0 aromatic heterocycles. The summed E-state index contributed by atoms with van der Waals surface area (Å²) in [5.41, 5.74) is 1.90. The van der Waals surface area contributed by atoms with E-state index in [0.29, 0.717) is 23.4 Å². The molecule has 0 fully saturated rings. The van der Waals surface area contributed by atoms with Gasteiger partial charge >= 0.3 is 5.97 Å². The van der Waals surface area contributed by atoms with E-state index in [-0.39, 0.29) is 22.2 Å². The number of halogens is 1. The van der Waals surface area contributed by atoms with E-state index < -0.39 is 23.0 Å². The van der Waals surface area contributed by atoms with Gasteiger partial charge in [-0.2, -0.15) is 0 Å². The summed E-state index contributed by atoms with van der Waals surface area (Å²) in [6, 6.07) is 29.1. The SMILES string of the molecule is CCC(Sc1cccc(NC(=O)/C(=C/c2ccccc2)NC(=O)c2ccccc2)c1)C(=O)Nc1ccc(Cl)c(C(=O)O)c1. The highest BCUT2D eigenvalue weighted by Gasteiger charge is 2.20. The van der Waals surface area contributed by atoms with Gasteiger partial charge in [0.15, 0.2) is 0 Å². The Balaban J connectivity index is 1.48. The van der Waals surface area contributed by atoms with Crippen LogP contribution in [0.15, 0.2) is 114 Å². The summed E-state index contributed by atoms with van der Waals surface area (Å²) in [7, 11) is 0. The fraction of sp³-hybridized carbons (Fsp3) is 0.0909. The van der Waals surface area contributed by atoms with Crippen LogP contribution in [0, 0.1) is 0 Å². The first-order valence-corrected chi connectivity index (χ1v) is 14.5. The van der Waals surface area contributed by atoms with Crippen molar-refractivity contribution in [2.45, 2.75) is 23.5 Å². The first kappa shape index (κ1) is 31.1. The Morgan fingerprint density at radius 3 is 2.19 bits per heavy atom. The van der Waals surface area contributed by atoms with Crippen LogP contribution in [-0.2, 0) is 9.59 Å². The van der Waals surface area contributed by atoms with E-state index in [9.17, 15) is 24.3 Å². The van der Waals surface area contributed by atoms with Crippen LogP contribution in [-0.4, -0.2) is 34.0 Å². The minimum atomic E-state index is -1.19. The number of amides is 3. The number of carbonyl (C=O) groups excluding carboxylic acids is 3. The molecule has 0 saturated carbocycles. The molecule has 43 heavy (non-hydrogen) atoms. The smallest absolute Gasteiger partial charge is 0.337 e. The molecule has 218 valence electrons. The number of nitrogens with one attached hydrogen (secondary N) is 3. The van der Waals surface area contributed by atoms with Crippen molar-refractivity contribution >= 4 is 64.5 Å². The summed E-state index contributed by atoms with van der Waals surface area (Å²) in [6.45, 7) is 1.86. The summed E-state index contributed by atoms with van der Waals surface area (Å²) in [5.74, 6) is -2.44. The van der Waals surface area contributed by atoms with E-state index in [2.05, 4.69) is 16.0 Å². The number of rotatable bonds is 11. The Bertz CT molecular complexity index is 1660. The zero-order valence-corrected chi connectivity index (χ0v) is 24.6. The van der Waals surface area contributed by atoms with Gasteiger partial charge < -0.3 is 21.1 Å². The quantitative estimate of drug-likeness (QED) is 0.107. The van der Waals surface area contributed by atoms with Crippen LogP contribution in [0.1, 0.15) is 39.6 Å². The summed E-state index contributed by atoms with van der Waals surface area (Å²) in [6.07, 6.45) is 2.08. The Hall–Kier alpha value is -4.86. The van der Waals surface area contributed by atoms with Crippen LogP contribution >= 0.6 is 23.4 Å². The van der Waals surface area contributed by atoms with Gasteiger partial charge in [-0.25, -0.2) is 4.79 Å². The first-order valence-electron chi connectivity index (χ1n) is 13.3. The van der Waals surface area contributed by atoms with Gasteiger partial charge in [0.05, 0.1) is 15.8 Å². The molecule has 1 unspecified atom stereocenters. The largest absolute Gasteiger partial charge is 0.478 e. The highest BCUT2D eigenvalue weighted by molar-refractivity contribution is 8.00. The molecule has 0 radical (unpaired) electrons. The van der Waals surface area contributed by atoms with E-state index in [0.717, 1.165) is 10.5 Å². The fourth-order valence-electron chi connectivity index (χ4n) is 3.98. The molecule has 0 aliphatic rings. The molecule has 4 aromatic rings. The maximum Gasteiger partial charge on any atom is 0.337 e. The zero-order valence-electron chi connectivity index (χ0n) is 23.0. The van der Waals surface area contributed by atoms with Crippen LogP contribution in [0.3, 0.4) is 0 Å². The predicted molar refractivity (Wildman–Crippen MR) is 170 cm³/mol. The molecule has 0 spiro atoms. The third-order valence-corrected chi connectivity index (χ3v) is 7.82. The van der Waals surface area contributed by atoms with Gasteiger partial charge in [0.2, 0.25) is 5.91 Å². The standard InChI is InChI=1S/C33H28ClN3O5S/c1-2-29(32(40)36-24-16-17-27(34)26(20-24)33(41)42)43-25-15-9-14-23(19-25)35-31(39)28(18-21-10-5-3-6-11-21)37-30(38)22-12-7-4-8-13-22/h3-20,29H,2H2,1H3,(H,35,39)(H,36,40)(H,37,38)(H,41,42)/b28-18-. The molecule has 0 aliphatic heterocycles. The molecule has 1 atom stereocenters. The lowest BCUT2D eigenvalue weighted by Gasteiger charge is -2.16. The Morgan fingerprint density at radius 2 is 1.51 bits per heavy atom.